The molecule has 1 heterocycles. The topological polar surface area (TPSA) is 97.1 Å². The minimum absolute atomic E-state index is 0.0145. The first-order valence-electron chi connectivity index (χ1n) is 7.17. The molecule has 1 rings (SSSR count). The van der Waals surface area contributed by atoms with Crippen LogP contribution in [0.25, 0.3) is 0 Å². The van der Waals surface area contributed by atoms with E-state index in [1.54, 1.807) is 0 Å². The number of hydrogen-bond donors (Lipinski definition) is 2. The van der Waals surface area contributed by atoms with E-state index in [4.69, 9.17) is 5.11 Å². The zero-order valence-corrected chi connectivity index (χ0v) is 13.3. The van der Waals surface area contributed by atoms with Crippen molar-refractivity contribution in [3.63, 3.8) is 0 Å². The summed E-state index contributed by atoms with van der Waals surface area (Å²) in [6.45, 7) is 9.91. The summed E-state index contributed by atoms with van der Waals surface area (Å²) in [6, 6.07) is 0.0496. The van der Waals surface area contributed by atoms with E-state index >= 15 is 0 Å². The first-order chi connectivity index (χ1) is 9.72. The van der Waals surface area contributed by atoms with Crippen LogP contribution >= 0.6 is 0 Å². The molecule has 0 radical (unpaired) electrons. The molecule has 0 saturated heterocycles. The van der Waals surface area contributed by atoms with E-state index in [1.165, 1.54) is 4.68 Å². The molecule has 7 heteroatoms. The molecule has 0 aliphatic heterocycles. The summed E-state index contributed by atoms with van der Waals surface area (Å²) in [5.41, 5.74) is 0.415. The summed E-state index contributed by atoms with van der Waals surface area (Å²) in [5, 5.41) is 19.5. The Labute approximate surface area is 124 Å². The van der Waals surface area contributed by atoms with Crippen molar-refractivity contribution in [2.24, 2.45) is 11.8 Å². The van der Waals surface area contributed by atoms with Gasteiger partial charge in [0.15, 0.2) is 5.69 Å². The van der Waals surface area contributed by atoms with Crippen molar-refractivity contribution >= 4 is 11.9 Å². The third kappa shape index (κ3) is 4.84. The lowest BCUT2D eigenvalue weighted by Crippen LogP contribution is -2.38. The second-order valence-electron chi connectivity index (χ2n) is 6.05. The number of amides is 1. The highest BCUT2D eigenvalue weighted by atomic mass is 16.4. The number of hydrogen-bond acceptors (Lipinski definition) is 4. The van der Waals surface area contributed by atoms with Gasteiger partial charge in [0, 0.05) is 6.04 Å². The van der Waals surface area contributed by atoms with Crippen molar-refractivity contribution in [1.29, 1.82) is 0 Å². The summed E-state index contributed by atoms with van der Waals surface area (Å²) in [4.78, 5) is 23.2. The summed E-state index contributed by atoms with van der Waals surface area (Å²) in [7, 11) is 0. The maximum Gasteiger partial charge on any atom is 0.358 e. The number of carboxylic acid groups (broad SMARTS) is 1. The first kappa shape index (κ1) is 17.1. The number of rotatable bonds is 7. The fourth-order valence-corrected chi connectivity index (χ4v) is 1.82. The van der Waals surface area contributed by atoms with Crippen molar-refractivity contribution in [1.82, 2.24) is 20.3 Å². The Bertz CT molecular complexity index is 508. The fourth-order valence-electron chi connectivity index (χ4n) is 1.82. The third-order valence-corrected chi connectivity index (χ3v) is 3.32. The smallest absolute Gasteiger partial charge is 0.358 e. The van der Waals surface area contributed by atoms with Crippen LogP contribution in [0.1, 0.15) is 50.8 Å². The predicted octanol–water partition coefficient (Wildman–Crippen LogP) is 1.34. The molecule has 2 N–H and O–H groups in total. The minimum Gasteiger partial charge on any atom is -0.476 e. The van der Waals surface area contributed by atoms with Crippen LogP contribution in [0.2, 0.25) is 0 Å². The molecule has 0 bridgehead atoms. The van der Waals surface area contributed by atoms with Gasteiger partial charge in [0.05, 0.1) is 5.69 Å². The van der Waals surface area contributed by atoms with Gasteiger partial charge in [-0.1, -0.05) is 32.9 Å². The lowest BCUT2D eigenvalue weighted by molar-refractivity contribution is -0.122. The van der Waals surface area contributed by atoms with Crippen LogP contribution in [-0.2, 0) is 17.8 Å². The van der Waals surface area contributed by atoms with Gasteiger partial charge < -0.3 is 10.4 Å². The van der Waals surface area contributed by atoms with E-state index in [9.17, 15) is 9.59 Å². The van der Waals surface area contributed by atoms with Crippen LogP contribution in [0.5, 0.6) is 0 Å². The Morgan fingerprint density at radius 1 is 1.24 bits per heavy atom. The van der Waals surface area contributed by atoms with E-state index in [0.29, 0.717) is 18.0 Å². The number of nitrogens with zero attached hydrogens (tertiary/aromatic N) is 3. The Kier molecular flexibility index (Phi) is 5.87. The van der Waals surface area contributed by atoms with Gasteiger partial charge in [0.2, 0.25) is 5.91 Å². The second kappa shape index (κ2) is 7.19. The number of aromatic carboxylic acids is 1. The zero-order chi connectivity index (χ0) is 16.2. The molecule has 1 aromatic heterocycles. The molecular formula is C14H24N4O3. The van der Waals surface area contributed by atoms with Gasteiger partial charge in [-0.05, 0) is 25.2 Å². The summed E-state index contributed by atoms with van der Waals surface area (Å²) >= 11 is 0. The molecular weight excluding hydrogens is 272 g/mol. The minimum atomic E-state index is -1.12. The summed E-state index contributed by atoms with van der Waals surface area (Å²) in [6.07, 6.45) is 0.516. The molecule has 1 amide bonds. The van der Waals surface area contributed by atoms with Gasteiger partial charge in [-0.25, -0.2) is 9.48 Å². The first-order valence-corrected chi connectivity index (χ1v) is 7.17. The summed E-state index contributed by atoms with van der Waals surface area (Å²) in [5.74, 6) is -0.733. The number of nitrogens with one attached hydrogen (secondary N) is 1. The number of carbonyl (C=O) groups excluding carboxylic acids is 1. The van der Waals surface area contributed by atoms with Crippen molar-refractivity contribution in [2.45, 2.75) is 53.6 Å². The largest absolute Gasteiger partial charge is 0.476 e. The van der Waals surface area contributed by atoms with E-state index in [-0.39, 0.29) is 30.1 Å². The highest BCUT2D eigenvalue weighted by molar-refractivity contribution is 5.86. The maximum absolute atomic E-state index is 12.0. The Morgan fingerprint density at radius 3 is 2.33 bits per heavy atom. The van der Waals surface area contributed by atoms with E-state index < -0.39 is 5.97 Å². The predicted molar refractivity (Wildman–Crippen MR) is 78.0 cm³/mol. The van der Waals surface area contributed by atoms with Crippen molar-refractivity contribution in [3.05, 3.63) is 11.4 Å². The molecule has 118 valence electrons. The van der Waals surface area contributed by atoms with Gasteiger partial charge in [-0.3, -0.25) is 4.79 Å². The molecule has 0 aliphatic carbocycles. The molecule has 1 atom stereocenters. The molecule has 1 unspecified atom stereocenters. The number of aromatic nitrogens is 3. The van der Waals surface area contributed by atoms with Crippen LogP contribution in [0.4, 0.5) is 0 Å². The molecule has 21 heavy (non-hydrogen) atoms. The van der Waals surface area contributed by atoms with Gasteiger partial charge in [-0.15, -0.1) is 5.10 Å². The van der Waals surface area contributed by atoms with Crippen molar-refractivity contribution in [2.75, 3.05) is 0 Å². The van der Waals surface area contributed by atoms with E-state index in [1.807, 2.05) is 34.6 Å². The highest BCUT2D eigenvalue weighted by Crippen LogP contribution is 2.12. The standard InChI is InChI=1S/C14H24N4O3/c1-8(2)6-11-13(14(20)21)16-17-18(11)7-12(19)15-10(5)9(3)4/h8-10H,6-7H2,1-5H3,(H,15,19)(H,20,21). The molecule has 0 saturated carbocycles. The number of carboxylic acids is 1. The lowest BCUT2D eigenvalue weighted by atomic mass is 10.1. The van der Waals surface area contributed by atoms with Crippen LogP contribution in [0, 0.1) is 11.8 Å². The van der Waals surface area contributed by atoms with Crippen LogP contribution in [0.3, 0.4) is 0 Å². The van der Waals surface area contributed by atoms with Gasteiger partial charge in [0.25, 0.3) is 0 Å². The van der Waals surface area contributed by atoms with Crippen molar-refractivity contribution < 1.29 is 14.7 Å². The molecule has 0 fully saturated rings. The number of carbonyl (C=O) groups is 2. The quantitative estimate of drug-likeness (QED) is 0.791. The fraction of sp³-hybridized carbons (Fsp3) is 0.714. The zero-order valence-electron chi connectivity index (χ0n) is 13.3. The molecule has 0 spiro atoms. The van der Waals surface area contributed by atoms with Gasteiger partial charge in [0.1, 0.15) is 6.54 Å². The lowest BCUT2D eigenvalue weighted by Gasteiger charge is -2.17. The van der Waals surface area contributed by atoms with E-state index in [0.717, 1.165) is 0 Å². The average Bonchev–Trinajstić information content (AvgIpc) is 2.71. The second-order valence-corrected chi connectivity index (χ2v) is 6.05. The molecule has 7 nitrogen and oxygen atoms in total. The Hall–Kier alpha value is -1.92. The monoisotopic (exact) mass is 296 g/mol. The SMILES string of the molecule is CC(C)Cc1c(C(=O)O)nnn1CC(=O)NC(C)C(C)C. The average molecular weight is 296 g/mol. The summed E-state index contributed by atoms with van der Waals surface area (Å²) < 4.78 is 1.38. The normalized spacial score (nSPS) is 12.7. The van der Waals surface area contributed by atoms with Crippen LogP contribution in [0.15, 0.2) is 0 Å². The van der Waals surface area contributed by atoms with Crippen LogP contribution < -0.4 is 5.32 Å². The Morgan fingerprint density at radius 2 is 1.86 bits per heavy atom. The molecule has 0 aromatic carbocycles. The maximum atomic E-state index is 12.0. The highest BCUT2D eigenvalue weighted by Gasteiger charge is 2.21. The molecule has 0 aliphatic rings. The van der Waals surface area contributed by atoms with Crippen molar-refractivity contribution in [3.8, 4) is 0 Å². The third-order valence-electron chi connectivity index (χ3n) is 3.32. The Balaban J connectivity index is 2.87. The van der Waals surface area contributed by atoms with Crippen LogP contribution in [-0.4, -0.2) is 38.0 Å². The molecule has 1 aromatic rings. The van der Waals surface area contributed by atoms with E-state index in [2.05, 4.69) is 15.6 Å². The van der Waals surface area contributed by atoms with Gasteiger partial charge >= 0.3 is 5.97 Å². The van der Waals surface area contributed by atoms with Gasteiger partial charge in [-0.2, -0.15) is 0 Å².